The van der Waals surface area contributed by atoms with Crippen molar-refractivity contribution in [2.75, 3.05) is 19.6 Å². The number of hydrogen-bond acceptors (Lipinski definition) is 14. The molecular weight excluding hydrogens is 1210 g/mol. The number of alkyl carbamates (subject to hydrolysis) is 1. The van der Waals surface area contributed by atoms with Crippen LogP contribution in [0.1, 0.15) is 79.0 Å². The molecule has 4 bridgehead atoms. The molecule has 7 aromatic rings. The van der Waals surface area contributed by atoms with Gasteiger partial charge in [-0.2, -0.15) is 0 Å². The lowest BCUT2D eigenvalue weighted by Crippen LogP contribution is -2.68. The summed E-state index contributed by atoms with van der Waals surface area (Å²) in [5.74, 6) is -2.58. The van der Waals surface area contributed by atoms with Crippen LogP contribution in [0.2, 0.25) is 0 Å². The molecule has 3 aliphatic rings. The zero-order valence-electron chi connectivity index (χ0n) is 54.0. The summed E-state index contributed by atoms with van der Waals surface area (Å²) in [6, 6.07) is 64.1. The first kappa shape index (κ1) is 69.2. The molecule has 10 rings (SSSR count). The first-order valence-electron chi connectivity index (χ1n) is 32.7. The number of carbonyl (C=O) groups is 5. The molecule has 3 saturated heterocycles. The fraction of sp³-hybridized carbons (Fsp3) is 0.382. The number of hydrogen-bond donors (Lipinski definition) is 5. The number of benzene rings is 7. The third-order valence-corrected chi connectivity index (χ3v) is 16.6. The van der Waals surface area contributed by atoms with Gasteiger partial charge in [0.1, 0.15) is 66.5 Å². The number of rotatable bonds is 25. The maximum Gasteiger partial charge on any atom is 0.407 e. The van der Waals surface area contributed by atoms with Crippen LogP contribution in [-0.4, -0.2) is 128 Å². The molecule has 3 fully saturated rings. The second-order valence-electron chi connectivity index (χ2n) is 25.0. The third kappa shape index (κ3) is 20.9. The van der Waals surface area contributed by atoms with Crippen molar-refractivity contribution in [3.8, 4) is 0 Å². The minimum atomic E-state index is -1.49. The molecule has 12 atom stereocenters. The summed E-state index contributed by atoms with van der Waals surface area (Å²) in [6.45, 7) is 5.36. The van der Waals surface area contributed by atoms with E-state index in [-0.39, 0.29) is 72.1 Å². The summed E-state index contributed by atoms with van der Waals surface area (Å²) < 4.78 is 61.1. The number of ether oxygens (including phenoxy) is 9. The molecular formula is C76H87N5O14. The zero-order valence-corrected chi connectivity index (χ0v) is 54.0. The highest BCUT2D eigenvalue weighted by molar-refractivity contribution is 5.91. The monoisotopic (exact) mass is 1290 g/mol. The van der Waals surface area contributed by atoms with Crippen LogP contribution in [-0.2, 0) is 108 Å². The minimum absolute atomic E-state index is 0.0240. The molecule has 3 heterocycles. The second-order valence-corrected chi connectivity index (χ2v) is 25.0. The first-order valence-corrected chi connectivity index (χ1v) is 32.7. The molecule has 0 saturated carbocycles. The lowest BCUT2D eigenvalue weighted by atomic mass is 9.92. The normalized spacial score (nSPS) is 24.3. The molecule has 0 aliphatic carbocycles. The van der Waals surface area contributed by atoms with Crippen molar-refractivity contribution < 1.29 is 66.6 Å². The van der Waals surface area contributed by atoms with Gasteiger partial charge in [0.25, 0.3) is 11.8 Å². The number of fused-ring (bicyclic) bond motifs is 4. The van der Waals surface area contributed by atoms with E-state index in [1.807, 2.05) is 212 Å². The fourth-order valence-corrected chi connectivity index (χ4v) is 11.8. The lowest BCUT2D eigenvalue weighted by Gasteiger charge is -2.46. The van der Waals surface area contributed by atoms with E-state index >= 15 is 19.2 Å². The van der Waals surface area contributed by atoms with Crippen LogP contribution < -0.4 is 26.6 Å². The van der Waals surface area contributed by atoms with Gasteiger partial charge in [-0.15, -0.1) is 0 Å². The molecule has 500 valence electrons. The number of carbonyl (C=O) groups excluding carboxylic acids is 5. The van der Waals surface area contributed by atoms with E-state index < -0.39 is 108 Å². The number of nitrogens with one attached hydrogen (secondary N) is 5. The highest BCUT2D eigenvalue weighted by atomic mass is 16.6. The standard InChI is InChI=1S/C76H87N5O14/c1-76(2,3)95-75(86)77-42-26-25-41-59-71(82)78-44-61-63(87-46-53-29-13-5-14-30-53)66(90-49-56-35-19-8-20-36-56)68(92-51-58-39-23-10-24-40-58)70(94-61)74(85)81-60(43-52-27-11-4-12-28-52)72(83)79-45-62-64(88-47-54-31-15-6-16-32-54)65(89-48-55-33-17-7-18-34-55)67(69(93-62)73(84)80-59)91-50-57-37-21-9-22-38-57/h4-24,27-40,59-70H,25-26,41-51H2,1-3H3,(H,77,86)(H,78,82)(H,79,83)(H,80,84)(H,81,85)/t59-,60-,61+,62+,63+,64+,65-,66-,67+,68+,69+,70+/m1/s1. The third-order valence-electron chi connectivity index (χ3n) is 16.6. The number of unbranched alkanes of at least 4 members (excludes halogenated alkanes) is 1. The Bertz CT molecular complexity index is 3470. The topological polar surface area (TPSA) is 229 Å². The van der Waals surface area contributed by atoms with Gasteiger partial charge in [0, 0.05) is 26.1 Å². The largest absolute Gasteiger partial charge is 0.444 e. The van der Waals surface area contributed by atoms with E-state index in [4.69, 9.17) is 42.6 Å². The SMILES string of the molecule is CC(C)(C)OC(=O)NCCCC[C@H]1NC(=O)[C@H]2O[C@@H](CNC(=O)[C@@H](Cc3ccccc3)NC(=O)[C@H]3O[C@@H](CNC1=O)[C@H](OCc1ccccc1)[C@@H](OCc1ccccc1)[C@@H]3OCc1ccccc1)[C@H](OCc1ccccc1)[C@@H](OCc1ccccc1)[C@@H]2OCc1ccccc1. The Morgan fingerprint density at radius 3 is 1.05 bits per heavy atom. The van der Waals surface area contributed by atoms with Gasteiger partial charge in [-0.3, -0.25) is 19.2 Å². The van der Waals surface area contributed by atoms with Gasteiger partial charge in [0.05, 0.1) is 39.6 Å². The van der Waals surface area contributed by atoms with Crippen molar-refractivity contribution in [3.63, 3.8) is 0 Å². The van der Waals surface area contributed by atoms with E-state index in [2.05, 4.69) is 26.6 Å². The quantitative estimate of drug-likeness (QED) is 0.0336. The summed E-state index contributed by atoms with van der Waals surface area (Å²) in [7, 11) is 0. The smallest absolute Gasteiger partial charge is 0.407 e. The Kier molecular flexibility index (Phi) is 25.7. The Labute approximate surface area is 556 Å². The van der Waals surface area contributed by atoms with Gasteiger partial charge < -0.3 is 69.2 Å². The van der Waals surface area contributed by atoms with Crippen LogP contribution in [0.15, 0.2) is 212 Å². The molecule has 5 amide bonds. The van der Waals surface area contributed by atoms with E-state index in [9.17, 15) is 4.79 Å². The summed E-state index contributed by atoms with van der Waals surface area (Å²) in [5, 5.41) is 15.2. The molecule has 7 aromatic carbocycles. The predicted molar refractivity (Wildman–Crippen MR) is 356 cm³/mol. The molecule has 0 unspecified atom stereocenters. The van der Waals surface area contributed by atoms with Crippen LogP contribution in [0, 0.1) is 0 Å². The Hall–Kier alpha value is -8.63. The van der Waals surface area contributed by atoms with Gasteiger partial charge in [-0.1, -0.05) is 212 Å². The number of amides is 5. The van der Waals surface area contributed by atoms with E-state index in [1.54, 1.807) is 20.8 Å². The maximum absolute atomic E-state index is 15.8. The predicted octanol–water partition coefficient (Wildman–Crippen LogP) is 9.19. The summed E-state index contributed by atoms with van der Waals surface area (Å²) in [5.41, 5.74) is 4.95. The highest BCUT2D eigenvalue weighted by Gasteiger charge is 2.54. The van der Waals surface area contributed by atoms with Crippen LogP contribution in [0.5, 0.6) is 0 Å². The van der Waals surface area contributed by atoms with Gasteiger partial charge >= 0.3 is 6.09 Å². The van der Waals surface area contributed by atoms with Crippen LogP contribution in [0.4, 0.5) is 4.79 Å². The van der Waals surface area contributed by atoms with Gasteiger partial charge in [0.2, 0.25) is 11.8 Å². The van der Waals surface area contributed by atoms with Crippen LogP contribution >= 0.6 is 0 Å². The van der Waals surface area contributed by atoms with Gasteiger partial charge in [0.15, 0.2) is 12.2 Å². The fourth-order valence-electron chi connectivity index (χ4n) is 11.8. The summed E-state index contributed by atoms with van der Waals surface area (Å²) >= 11 is 0. The summed E-state index contributed by atoms with van der Waals surface area (Å²) in [4.78, 5) is 75.1. The molecule has 5 N–H and O–H groups in total. The molecule has 95 heavy (non-hydrogen) atoms. The Morgan fingerprint density at radius 2 is 0.705 bits per heavy atom. The van der Waals surface area contributed by atoms with Crippen LogP contribution in [0.3, 0.4) is 0 Å². The van der Waals surface area contributed by atoms with Crippen molar-refractivity contribution in [1.29, 1.82) is 0 Å². The molecule has 0 radical (unpaired) electrons. The minimum Gasteiger partial charge on any atom is -0.444 e. The van der Waals surface area contributed by atoms with Crippen molar-refractivity contribution in [2.24, 2.45) is 0 Å². The maximum atomic E-state index is 15.8. The molecule has 19 heteroatoms. The molecule has 3 aliphatic heterocycles. The Balaban J connectivity index is 1.06. The van der Waals surface area contributed by atoms with Crippen molar-refractivity contribution in [2.45, 2.75) is 165 Å². The van der Waals surface area contributed by atoms with Crippen molar-refractivity contribution in [3.05, 3.63) is 251 Å². The first-order chi connectivity index (χ1) is 46.3. The van der Waals surface area contributed by atoms with Gasteiger partial charge in [-0.05, 0) is 79.0 Å². The average Bonchev–Trinajstić information content (AvgIpc) is 0.789. The van der Waals surface area contributed by atoms with E-state index in [1.165, 1.54) is 0 Å². The summed E-state index contributed by atoms with van der Waals surface area (Å²) in [6.07, 6.45) is -11.5. The molecule has 0 aromatic heterocycles. The average molecular weight is 1290 g/mol. The lowest BCUT2D eigenvalue weighted by molar-refractivity contribution is -0.260. The second kappa shape index (κ2) is 35.2. The Morgan fingerprint density at radius 1 is 0.400 bits per heavy atom. The van der Waals surface area contributed by atoms with Gasteiger partial charge in [-0.25, -0.2) is 4.79 Å². The zero-order chi connectivity index (χ0) is 66.2. The van der Waals surface area contributed by atoms with E-state index in [0.29, 0.717) is 12.8 Å². The van der Waals surface area contributed by atoms with Crippen molar-refractivity contribution in [1.82, 2.24) is 26.6 Å². The van der Waals surface area contributed by atoms with E-state index in [0.717, 1.165) is 38.9 Å². The van der Waals surface area contributed by atoms with Crippen LogP contribution in [0.25, 0.3) is 0 Å². The molecule has 19 nitrogen and oxygen atoms in total. The van der Waals surface area contributed by atoms with Crippen molar-refractivity contribution >= 4 is 29.7 Å². The highest BCUT2D eigenvalue weighted by Crippen LogP contribution is 2.34. The molecule has 0 spiro atoms.